The number of hydrogen-bond donors (Lipinski definition) is 1. The zero-order valence-electron chi connectivity index (χ0n) is 18.9. The van der Waals surface area contributed by atoms with Crippen LogP contribution in [0.2, 0.25) is 0 Å². The minimum atomic E-state index is 0. The minimum absolute atomic E-state index is 0. The molecule has 0 aliphatic rings. The van der Waals surface area contributed by atoms with Gasteiger partial charge in [0.25, 0.3) is 0 Å². The second-order valence-electron chi connectivity index (χ2n) is 7.70. The van der Waals surface area contributed by atoms with E-state index in [0.717, 1.165) is 5.88 Å². The Morgan fingerprint density at radius 2 is 0.577 bits per heavy atom. The van der Waals surface area contributed by atoms with Gasteiger partial charge in [-0.2, -0.15) is 0 Å². The zero-order valence-corrected chi connectivity index (χ0v) is 19.7. The molecule has 3 N–H and O–H groups in total. The van der Waals surface area contributed by atoms with Crippen LogP contribution in [0.15, 0.2) is 0 Å². The Hall–Kier alpha value is 0.250. The molecule has 0 aromatic carbocycles. The first kappa shape index (κ1) is 31.0. The van der Waals surface area contributed by atoms with E-state index in [2.05, 4.69) is 20.8 Å². The second-order valence-corrected chi connectivity index (χ2v) is 8.08. The summed E-state index contributed by atoms with van der Waals surface area (Å²) in [6.45, 7) is 6.65. The first-order chi connectivity index (χ1) is 12.3. The standard InChI is InChI=1S/C20H41Cl.C4H10.H3N/c1-2-3-4-5-6-7-8-9-10-11-12-13-14-15-16-17-18-19-20-21;1-3-4-2;/h2-20H2,1H3;3-4H2,1-2H3;1H3. The molecule has 0 amide bonds. The molecular formula is C24H54ClN. The summed E-state index contributed by atoms with van der Waals surface area (Å²) in [6.07, 6.45) is 28.4. The maximum absolute atomic E-state index is 5.67. The molecule has 0 radical (unpaired) electrons. The third kappa shape index (κ3) is 35.4. The average molecular weight is 392 g/mol. The van der Waals surface area contributed by atoms with Gasteiger partial charge in [-0.1, -0.05) is 143 Å². The molecule has 0 saturated carbocycles. The molecule has 26 heavy (non-hydrogen) atoms. The molecule has 0 aliphatic heterocycles. The summed E-state index contributed by atoms with van der Waals surface area (Å²) in [4.78, 5) is 0. The van der Waals surface area contributed by atoms with Gasteiger partial charge in [0.05, 0.1) is 0 Å². The lowest BCUT2D eigenvalue weighted by molar-refractivity contribution is 0.526. The van der Waals surface area contributed by atoms with Crippen molar-refractivity contribution in [1.82, 2.24) is 6.15 Å². The van der Waals surface area contributed by atoms with E-state index in [0.29, 0.717) is 0 Å². The highest BCUT2D eigenvalue weighted by Gasteiger charge is 1.94. The van der Waals surface area contributed by atoms with E-state index in [1.54, 1.807) is 0 Å². The van der Waals surface area contributed by atoms with Gasteiger partial charge in [-0.15, -0.1) is 11.6 Å². The van der Waals surface area contributed by atoms with Gasteiger partial charge in [-0.25, -0.2) is 0 Å². The molecule has 0 atom stereocenters. The van der Waals surface area contributed by atoms with Crippen molar-refractivity contribution in [3.8, 4) is 0 Å². The minimum Gasteiger partial charge on any atom is -0.344 e. The van der Waals surface area contributed by atoms with Crippen molar-refractivity contribution in [2.24, 2.45) is 0 Å². The van der Waals surface area contributed by atoms with Gasteiger partial charge >= 0.3 is 0 Å². The van der Waals surface area contributed by atoms with Crippen molar-refractivity contribution in [1.29, 1.82) is 0 Å². The van der Waals surface area contributed by atoms with Gasteiger partial charge in [0.2, 0.25) is 0 Å². The van der Waals surface area contributed by atoms with E-state index in [1.165, 1.54) is 128 Å². The van der Waals surface area contributed by atoms with E-state index in [1.807, 2.05) is 0 Å². The van der Waals surface area contributed by atoms with Crippen molar-refractivity contribution >= 4 is 11.6 Å². The first-order valence-corrected chi connectivity index (χ1v) is 12.4. The van der Waals surface area contributed by atoms with Crippen LogP contribution in [-0.2, 0) is 0 Å². The largest absolute Gasteiger partial charge is 0.344 e. The zero-order chi connectivity index (χ0) is 18.8. The third-order valence-corrected chi connectivity index (χ3v) is 5.25. The van der Waals surface area contributed by atoms with E-state index in [4.69, 9.17) is 11.6 Å². The fourth-order valence-electron chi connectivity index (χ4n) is 3.00. The highest BCUT2D eigenvalue weighted by atomic mass is 35.5. The monoisotopic (exact) mass is 391 g/mol. The Bertz CT molecular complexity index is 177. The summed E-state index contributed by atoms with van der Waals surface area (Å²) in [5.74, 6) is 0.846. The van der Waals surface area contributed by atoms with Crippen LogP contribution < -0.4 is 6.15 Å². The van der Waals surface area contributed by atoms with Gasteiger partial charge in [0.1, 0.15) is 0 Å². The number of unbranched alkanes of at least 4 members (excludes halogenated alkanes) is 18. The van der Waals surface area contributed by atoms with Crippen LogP contribution in [0.25, 0.3) is 0 Å². The lowest BCUT2D eigenvalue weighted by atomic mass is 10.0. The Kier molecular flexibility index (Phi) is 39.2. The normalized spacial score (nSPS) is 10.2. The Morgan fingerprint density at radius 1 is 0.346 bits per heavy atom. The third-order valence-electron chi connectivity index (χ3n) is 4.99. The lowest BCUT2D eigenvalue weighted by Gasteiger charge is -2.03. The molecule has 1 nitrogen and oxygen atoms in total. The van der Waals surface area contributed by atoms with Crippen LogP contribution in [0.4, 0.5) is 0 Å². The predicted molar refractivity (Wildman–Crippen MR) is 125 cm³/mol. The summed E-state index contributed by atoms with van der Waals surface area (Å²) >= 11 is 5.67. The Labute approximate surface area is 173 Å². The topological polar surface area (TPSA) is 35.0 Å². The van der Waals surface area contributed by atoms with Gasteiger partial charge in [-0.3, -0.25) is 0 Å². The van der Waals surface area contributed by atoms with E-state index >= 15 is 0 Å². The van der Waals surface area contributed by atoms with Crippen LogP contribution in [-0.4, -0.2) is 5.88 Å². The molecule has 0 saturated heterocycles. The molecular weight excluding hydrogens is 338 g/mol. The lowest BCUT2D eigenvalue weighted by Crippen LogP contribution is -1.84. The van der Waals surface area contributed by atoms with Gasteiger partial charge in [0.15, 0.2) is 0 Å². The van der Waals surface area contributed by atoms with E-state index < -0.39 is 0 Å². The molecule has 0 spiro atoms. The molecule has 0 fully saturated rings. The highest BCUT2D eigenvalue weighted by molar-refractivity contribution is 6.17. The molecule has 0 bridgehead atoms. The van der Waals surface area contributed by atoms with E-state index in [-0.39, 0.29) is 6.15 Å². The van der Waals surface area contributed by atoms with Crippen molar-refractivity contribution in [2.45, 2.75) is 149 Å². The molecule has 0 aromatic heterocycles. The van der Waals surface area contributed by atoms with Gasteiger partial charge in [-0.05, 0) is 6.42 Å². The van der Waals surface area contributed by atoms with Crippen LogP contribution in [0.3, 0.4) is 0 Å². The maximum Gasteiger partial charge on any atom is 0.0223 e. The summed E-state index contributed by atoms with van der Waals surface area (Å²) < 4.78 is 0. The number of halogens is 1. The number of hydrogen-bond acceptors (Lipinski definition) is 1. The summed E-state index contributed by atoms with van der Waals surface area (Å²) in [6, 6.07) is 0. The summed E-state index contributed by atoms with van der Waals surface area (Å²) in [5.41, 5.74) is 0. The molecule has 0 unspecified atom stereocenters. The smallest absolute Gasteiger partial charge is 0.0223 e. The predicted octanol–water partition coefficient (Wildman–Crippen LogP) is 10.2. The van der Waals surface area contributed by atoms with Gasteiger partial charge < -0.3 is 6.15 Å². The van der Waals surface area contributed by atoms with Crippen LogP contribution in [0.1, 0.15) is 149 Å². The van der Waals surface area contributed by atoms with Crippen molar-refractivity contribution < 1.29 is 0 Å². The number of alkyl halides is 1. The number of rotatable bonds is 19. The summed E-state index contributed by atoms with van der Waals surface area (Å²) in [5, 5.41) is 0. The molecule has 2 heteroatoms. The fourth-order valence-corrected chi connectivity index (χ4v) is 3.19. The Morgan fingerprint density at radius 3 is 0.769 bits per heavy atom. The molecule has 0 aromatic rings. The maximum atomic E-state index is 5.67. The molecule has 162 valence electrons. The quantitative estimate of drug-likeness (QED) is 0.172. The van der Waals surface area contributed by atoms with E-state index in [9.17, 15) is 0 Å². The van der Waals surface area contributed by atoms with Crippen molar-refractivity contribution in [3.05, 3.63) is 0 Å². The van der Waals surface area contributed by atoms with Gasteiger partial charge in [0, 0.05) is 5.88 Å². The van der Waals surface area contributed by atoms with Crippen LogP contribution in [0.5, 0.6) is 0 Å². The Balaban J connectivity index is -0.000000951. The highest BCUT2D eigenvalue weighted by Crippen LogP contribution is 2.14. The fraction of sp³-hybridized carbons (Fsp3) is 1.00. The molecule has 0 aliphatic carbocycles. The van der Waals surface area contributed by atoms with Crippen LogP contribution >= 0.6 is 11.6 Å². The second kappa shape index (κ2) is 32.9. The van der Waals surface area contributed by atoms with Crippen LogP contribution in [0, 0.1) is 0 Å². The molecule has 0 rings (SSSR count). The van der Waals surface area contributed by atoms with Crippen molar-refractivity contribution in [2.75, 3.05) is 5.88 Å². The summed E-state index contributed by atoms with van der Waals surface area (Å²) in [7, 11) is 0. The SMILES string of the molecule is CCCC.CCCCCCCCCCCCCCCCCCCCCl.N. The van der Waals surface area contributed by atoms with Crippen molar-refractivity contribution in [3.63, 3.8) is 0 Å². The molecule has 0 heterocycles. The first-order valence-electron chi connectivity index (χ1n) is 11.9. The average Bonchev–Trinajstić information content (AvgIpc) is 2.64.